The standard InChI is InChI=1S/C17H25F3N4O/c1-3-21-16(24-8-4-5-13(2)11-24)23-10-14-6-7-15(22-9-14)25-12-17(18,19)20/h6-7,9,13H,3-5,8,10-12H2,1-2H3,(H,21,23). The number of guanidine groups is 1. The average molecular weight is 358 g/mol. The molecule has 1 aromatic rings. The molecule has 0 aliphatic carbocycles. The molecular weight excluding hydrogens is 333 g/mol. The van der Waals surface area contributed by atoms with Crippen molar-refractivity contribution in [3.63, 3.8) is 0 Å². The van der Waals surface area contributed by atoms with Crippen molar-refractivity contribution >= 4 is 5.96 Å². The third-order valence-electron chi connectivity index (χ3n) is 3.88. The average Bonchev–Trinajstić information content (AvgIpc) is 2.57. The fourth-order valence-corrected chi connectivity index (χ4v) is 2.72. The van der Waals surface area contributed by atoms with Gasteiger partial charge in [0.1, 0.15) is 0 Å². The van der Waals surface area contributed by atoms with E-state index in [-0.39, 0.29) is 5.88 Å². The zero-order valence-corrected chi connectivity index (χ0v) is 14.6. The summed E-state index contributed by atoms with van der Waals surface area (Å²) >= 11 is 0. The Labute approximate surface area is 146 Å². The number of nitrogens with zero attached hydrogens (tertiary/aromatic N) is 3. The van der Waals surface area contributed by atoms with E-state index in [1.54, 1.807) is 6.07 Å². The van der Waals surface area contributed by atoms with Crippen LogP contribution >= 0.6 is 0 Å². The molecule has 0 aromatic carbocycles. The van der Waals surface area contributed by atoms with Gasteiger partial charge in [0.05, 0.1) is 6.54 Å². The van der Waals surface area contributed by atoms with Gasteiger partial charge in [0.2, 0.25) is 5.88 Å². The highest BCUT2D eigenvalue weighted by Gasteiger charge is 2.28. The predicted molar refractivity (Wildman–Crippen MR) is 90.6 cm³/mol. The van der Waals surface area contributed by atoms with E-state index < -0.39 is 12.8 Å². The van der Waals surface area contributed by atoms with Gasteiger partial charge in [-0.3, -0.25) is 0 Å². The second kappa shape index (κ2) is 8.92. The lowest BCUT2D eigenvalue weighted by molar-refractivity contribution is -0.154. The molecule has 0 saturated carbocycles. The first-order valence-electron chi connectivity index (χ1n) is 8.55. The molecule has 25 heavy (non-hydrogen) atoms. The minimum Gasteiger partial charge on any atom is -0.468 e. The highest BCUT2D eigenvalue weighted by Crippen LogP contribution is 2.18. The van der Waals surface area contributed by atoms with Crippen molar-refractivity contribution in [1.29, 1.82) is 0 Å². The smallest absolute Gasteiger partial charge is 0.422 e. The van der Waals surface area contributed by atoms with E-state index in [9.17, 15) is 13.2 Å². The first kappa shape index (κ1) is 19.3. The highest BCUT2D eigenvalue weighted by molar-refractivity contribution is 5.80. The SMILES string of the molecule is CCNC(=NCc1ccc(OCC(F)(F)F)nc1)N1CCCC(C)C1. The van der Waals surface area contributed by atoms with Crippen LogP contribution in [-0.4, -0.2) is 48.3 Å². The van der Waals surface area contributed by atoms with Gasteiger partial charge in [0, 0.05) is 31.9 Å². The number of pyridine rings is 1. The van der Waals surface area contributed by atoms with E-state index in [4.69, 9.17) is 0 Å². The summed E-state index contributed by atoms with van der Waals surface area (Å²) < 4.78 is 41.0. The van der Waals surface area contributed by atoms with Gasteiger partial charge in [0.15, 0.2) is 12.6 Å². The molecule has 1 atom stereocenters. The molecule has 0 spiro atoms. The monoisotopic (exact) mass is 358 g/mol. The zero-order valence-electron chi connectivity index (χ0n) is 14.6. The lowest BCUT2D eigenvalue weighted by Crippen LogP contribution is -2.46. The summed E-state index contributed by atoms with van der Waals surface area (Å²) in [4.78, 5) is 10.8. The molecule has 2 rings (SSSR count). The number of halogens is 3. The quantitative estimate of drug-likeness (QED) is 0.649. The number of alkyl halides is 3. The van der Waals surface area contributed by atoms with E-state index >= 15 is 0 Å². The lowest BCUT2D eigenvalue weighted by Gasteiger charge is -2.33. The van der Waals surface area contributed by atoms with Crippen molar-refractivity contribution in [1.82, 2.24) is 15.2 Å². The van der Waals surface area contributed by atoms with Gasteiger partial charge in [-0.1, -0.05) is 13.0 Å². The van der Waals surface area contributed by atoms with Crippen LogP contribution in [0, 0.1) is 5.92 Å². The van der Waals surface area contributed by atoms with E-state index in [0.717, 1.165) is 37.6 Å². The molecule has 1 N–H and O–H groups in total. The number of piperidine rings is 1. The number of hydrogen-bond donors (Lipinski definition) is 1. The van der Waals surface area contributed by atoms with E-state index in [1.165, 1.54) is 18.7 Å². The van der Waals surface area contributed by atoms with Crippen LogP contribution in [-0.2, 0) is 6.54 Å². The number of nitrogens with one attached hydrogen (secondary N) is 1. The van der Waals surface area contributed by atoms with Gasteiger partial charge in [0.25, 0.3) is 0 Å². The Balaban J connectivity index is 1.95. The van der Waals surface area contributed by atoms with Crippen LogP contribution in [0.2, 0.25) is 0 Å². The molecule has 1 fully saturated rings. The number of aliphatic imine (C=N–C) groups is 1. The molecule has 1 aromatic heterocycles. The van der Waals surface area contributed by atoms with Crippen LogP contribution in [0.3, 0.4) is 0 Å². The summed E-state index contributed by atoms with van der Waals surface area (Å²) in [5.41, 5.74) is 0.819. The minimum atomic E-state index is -4.36. The topological polar surface area (TPSA) is 49.8 Å². The first-order valence-corrected chi connectivity index (χ1v) is 8.55. The minimum absolute atomic E-state index is 0.0400. The number of hydrogen-bond acceptors (Lipinski definition) is 3. The molecule has 1 unspecified atom stereocenters. The molecule has 2 heterocycles. The molecule has 5 nitrogen and oxygen atoms in total. The molecule has 0 amide bonds. The normalized spacial score (nSPS) is 19.0. The molecule has 0 radical (unpaired) electrons. The first-order chi connectivity index (χ1) is 11.9. The molecule has 8 heteroatoms. The van der Waals surface area contributed by atoms with Gasteiger partial charge in [-0.25, -0.2) is 9.98 Å². The van der Waals surface area contributed by atoms with Crippen LogP contribution in [0.15, 0.2) is 23.3 Å². The van der Waals surface area contributed by atoms with Crippen LogP contribution in [0.25, 0.3) is 0 Å². The second-order valence-electron chi connectivity index (χ2n) is 6.27. The number of aromatic nitrogens is 1. The lowest BCUT2D eigenvalue weighted by atomic mass is 10.0. The van der Waals surface area contributed by atoms with Crippen molar-refractivity contribution in [2.75, 3.05) is 26.2 Å². The maximum absolute atomic E-state index is 12.1. The Hall–Kier alpha value is -1.99. The molecule has 1 saturated heterocycles. The van der Waals surface area contributed by atoms with Crippen molar-refractivity contribution in [2.45, 2.75) is 39.4 Å². The van der Waals surface area contributed by atoms with Gasteiger partial charge < -0.3 is 15.0 Å². The van der Waals surface area contributed by atoms with E-state index in [2.05, 4.69) is 31.9 Å². The fourth-order valence-electron chi connectivity index (χ4n) is 2.72. The Bertz CT molecular complexity index is 560. The van der Waals surface area contributed by atoms with Crippen molar-refractivity contribution < 1.29 is 17.9 Å². The summed E-state index contributed by atoms with van der Waals surface area (Å²) in [5, 5.41) is 3.30. The third-order valence-corrected chi connectivity index (χ3v) is 3.88. The van der Waals surface area contributed by atoms with Crippen molar-refractivity contribution in [3.8, 4) is 5.88 Å². The summed E-state index contributed by atoms with van der Waals surface area (Å²) in [6.45, 7) is 6.09. The Morgan fingerprint density at radius 3 is 2.84 bits per heavy atom. The third kappa shape index (κ3) is 6.80. The van der Waals surface area contributed by atoms with Gasteiger partial charge in [-0.2, -0.15) is 13.2 Å². The van der Waals surface area contributed by atoms with Crippen LogP contribution in [0.4, 0.5) is 13.2 Å². The maximum Gasteiger partial charge on any atom is 0.422 e. The van der Waals surface area contributed by atoms with Crippen LogP contribution in [0.5, 0.6) is 5.88 Å². The van der Waals surface area contributed by atoms with Gasteiger partial charge in [-0.15, -0.1) is 0 Å². The fraction of sp³-hybridized carbons (Fsp3) is 0.647. The second-order valence-corrected chi connectivity index (χ2v) is 6.27. The van der Waals surface area contributed by atoms with Crippen LogP contribution in [0.1, 0.15) is 32.3 Å². The Morgan fingerprint density at radius 1 is 1.44 bits per heavy atom. The molecule has 140 valence electrons. The summed E-state index contributed by atoms with van der Waals surface area (Å²) in [6.07, 6.45) is -0.480. The predicted octanol–water partition coefficient (Wildman–Crippen LogP) is 3.22. The van der Waals surface area contributed by atoms with Crippen molar-refractivity contribution in [2.24, 2.45) is 10.9 Å². The summed E-state index contributed by atoms with van der Waals surface area (Å²) in [6, 6.07) is 3.12. The number of likely N-dealkylation sites (tertiary alicyclic amines) is 1. The molecule has 1 aliphatic rings. The maximum atomic E-state index is 12.1. The summed E-state index contributed by atoms with van der Waals surface area (Å²) in [7, 11) is 0. The van der Waals surface area contributed by atoms with Gasteiger partial charge >= 0.3 is 6.18 Å². The van der Waals surface area contributed by atoms with E-state index in [1.807, 2.05) is 6.92 Å². The Morgan fingerprint density at radius 2 is 2.24 bits per heavy atom. The largest absolute Gasteiger partial charge is 0.468 e. The number of rotatable bonds is 5. The molecule has 0 bridgehead atoms. The molecular formula is C17H25F3N4O. The van der Waals surface area contributed by atoms with E-state index in [0.29, 0.717) is 12.5 Å². The molecule has 1 aliphatic heterocycles. The summed E-state index contributed by atoms with van der Waals surface area (Å²) in [5.74, 6) is 1.47. The highest BCUT2D eigenvalue weighted by atomic mass is 19.4. The zero-order chi connectivity index (χ0) is 18.3. The van der Waals surface area contributed by atoms with Gasteiger partial charge in [-0.05, 0) is 31.2 Å². The van der Waals surface area contributed by atoms with Crippen molar-refractivity contribution in [3.05, 3.63) is 23.9 Å². The van der Waals surface area contributed by atoms with Crippen LogP contribution < -0.4 is 10.1 Å². The Kier molecular flexibility index (Phi) is 6.90. The number of ether oxygens (including phenoxy) is 1.